The van der Waals surface area contributed by atoms with Crippen molar-refractivity contribution in [3.05, 3.63) is 33.5 Å². The summed E-state index contributed by atoms with van der Waals surface area (Å²) >= 11 is 3.13. The van der Waals surface area contributed by atoms with Crippen molar-refractivity contribution >= 4 is 21.7 Å². The number of hydrogen-bond donors (Lipinski definition) is 1. The van der Waals surface area contributed by atoms with Gasteiger partial charge in [0.2, 0.25) is 0 Å². The molecule has 0 unspecified atom stereocenters. The molecule has 0 radical (unpaired) electrons. The zero-order chi connectivity index (χ0) is 12.9. The van der Waals surface area contributed by atoms with Crippen molar-refractivity contribution in [3.8, 4) is 0 Å². The Hall–Kier alpha value is -0.740. The number of ketones is 1. The van der Waals surface area contributed by atoms with Gasteiger partial charge in [-0.3, -0.25) is 4.79 Å². The van der Waals surface area contributed by atoms with Crippen LogP contribution in [0.5, 0.6) is 0 Å². The third-order valence-corrected chi connectivity index (χ3v) is 4.92. The molecule has 0 bridgehead atoms. The summed E-state index contributed by atoms with van der Waals surface area (Å²) in [7, 11) is 0. The van der Waals surface area contributed by atoms with Gasteiger partial charge in [-0.1, -0.05) is 0 Å². The lowest BCUT2D eigenvalue weighted by atomic mass is 9.70. The van der Waals surface area contributed by atoms with E-state index in [1.54, 1.807) is 6.07 Å². The largest absolute Gasteiger partial charge is 0.393 e. The van der Waals surface area contributed by atoms with E-state index in [1.165, 1.54) is 6.07 Å². The fourth-order valence-electron chi connectivity index (χ4n) is 3.24. The molecule has 2 nitrogen and oxygen atoms in total. The van der Waals surface area contributed by atoms with Crippen molar-refractivity contribution in [1.82, 2.24) is 0 Å². The summed E-state index contributed by atoms with van der Waals surface area (Å²) < 4.78 is 13.9. The minimum absolute atomic E-state index is 0.130. The third kappa shape index (κ3) is 1.74. The number of aliphatic hydroxyl groups excluding tert-OH is 1. The fourth-order valence-corrected chi connectivity index (χ4v) is 3.58. The number of aliphatic hydroxyl groups is 1. The second-order valence-corrected chi connectivity index (χ2v) is 6.30. The Kier molecular flexibility index (Phi) is 2.83. The molecule has 2 aliphatic carbocycles. The van der Waals surface area contributed by atoms with Crippen LogP contribution >= 0.6 is 15.9 Å². The van der Waals surface area contributed by atoms with E-state index >= 15 is 0 Å². The summed E-state index contributed by atoms with van der Waals surface area (Å²) in [6.07, 6.45) is 3.10. The first-order chi connectivity index (χ1) is 8.52. The van der Waals surface area contributed by atoms with Crippen molar-refractivity contribution in [3.63, 3.8) is 0 Å². The van der Waals surface area contributed by atoms with Crippen LogP contribution in [0.2, 0.25) is 0 Å². The number of halogens is 2. The molecule has 96 valence electrons. The number of Topliss-reactive ketones (excluding diaryl/α,β-unsaturated/α-hetero) is 1. The summed E-state index contributed by atoms with van der Waals surface area (Å²) in [5, 5.41) is 9.57. The molecule has 1 saturated carbocycles. The van der Waals surface area contributed by atoms with Gasteiger partial charge in [0, 0.05) is 11.0 Å². The van der Waals surface area contributed by atoms with Crippen LogP contribution < -0.4 is 0 Å². The molecule has 0 saturated heterocycles. The average molecular weight is 313 g/mol. The van der Waals surface area contributed by atoms with E-state index in [0.717, 1.165) is 5.56 Å². The lowest BCUT2D eigenvalue weighted by Gasteiger charge is -2.33. The van der Waals surface area contributed by atoms with Crippen LogP contribution in [0.25, 0.3) is 0 Å². The summed E-state index contributed by atoms with van der Waals surface area (Å²) in [5.74, 6) is -0.181. The van der Waals surface area contributed by atoms with Gasteiger partial charge in [-0.05, 0) is 65.7 Å². The maximum atomic E-state index is 13.5. The molecule has 0 aliphatic heterocycles. The first-order valence-corrected chi connectivity index (χ1v) is 7.02. The molecule has 2 aliphatic rings. The molecule has 1 aromatic carbocycles. The van der Waals surface area contributed by atoms with Gasteiger partial charge in [0.15, 0.2) is 5.78 Å². The quantitative estimate of drug-likeness (QED) is 0.798. The van der Waals surface area contributed by atoms with Crippen LogP contribution in [0.3, 0.4) is 0 Å². The zero-order valence-electron chi connectivity index (χ0n) is 9.88. The Morgan fingerprint density at radius 1 is 1.33 bits per heavy atom. The number of hydrogen-bond acceptors (Lipinski definition) is 2. The maximum absolute atomic E-state index is 13.5. The molecule has 4 heteroatoms. The molecule has 1 spiro atoms. The second kappa shape index (κ2) is 4.14. The maximum Gasteiger partial charge on any atom is 0.169 e. The van der Waals surface area contributed by atoms with Crippen LogP contribution in [0.1, 0.15) is 41.6 Å². The summed E-state index contributed by atoms with van der Waals surface area (Å²) in [4.78, 5) is 12.5. The van der Waals surface area contributed by atoms with E-state index in [1.807, 2.05) is 0 Å². The third-order valence-electron chi connectivity index (χ3n) is 4.31. The van der Waals surface area contributed by atoms with E-state index in [4.69, 9.17) is 0 Å². The molecule has 0 heterocycles. The van der Waals surface area contributed by atoms with Crippen LogP contribution in [0.4, 0.5) is 4.39 Å². The van der Waals surface area contributed by atoms with Crippen LogP contribution in [-0.4, -0.2) is 17.0 Å². The lowest BCUT2D eigenvalue weighted by molar-refractivity contribution is 0.0513. The topological polar surface area (TPSA) is 37.3 Å². The van der Waals surface area contributed by atoms with E-state index in [-0.39, 0.29) is 23.1 Å². The Morgan fingerprint density at radius 2 is 2.00 bits per heavy atom. The van der Waals surface area contributed by atoms with Crippen LogP contribution in [0.15, 0.2) is 16.6 Å². The van der Waals surface area contributed by atoms with Crippen molar-refractivity contribution in [2.45, 2.75) is 38.2 Å². The van der Waals surface area contributed by atoms with Gasteiger partial charge in [0.25, 0.3) is 0 Å². The Labute approximate surface area is 113 Å². The van der Waals surface area contributed by atoms with Gasteiger partial charge in [0.1, 0.15) is 5.82 Å². The number of rotatable bonds is 0. The van der Waals surface area contributed by atoms with Gasteiger partial charge in [-0.25, -0.2) is 4.39 Å². The Balaban J connectivity index is 1.98. The smallest absolute Gasteiger partial charge is 0.169 e. The predicted octanol–water partition coefficient (Wildman–Crippen LogP) is 3.25. The molecule has 0 aromatic heterocycles. The van der Waals surface area contributed by atoms with Gasteiger partial charge in [0.05, 0.1) is 10.6 Å². The molecule has 0 amide bonds. The Bertz CT molecular complexity index is 519. The highest BCUT2D eigenvalue weighted by molar-refractivity contribution is 9.10. The number of fused-ring (bicyclic) bond motifs is 1. The molecule has 1 fully saturated rings. The lowest BCUT2D eigenvalue weighted by Crippen LogP contribution is -2.34. The molecule has 3 rings (SSSR count). The molecule has 1 aromatic rings. The highest BCUT2D eigenvalue weighted by Crippen LogP contribution is 2.47. The minimum atomic E-state index is -0.380. The monoisotopic (exact) mass is 312 g/mol. The number of benzene rings is 1. The molecular weight excluding hydrogens is 299 g/mol. The summed E-state index contributed by atoms with van der Waals surface area (Å²) in [6.45, 7) is 0. The minimum Gasteiger partial charge on any atom is -0.393 e. The van der Waals surface area contributed by atoms with Gasteiger partial charge < -0.3 is 5.11 Å². The van der Waals surface area contributed by atoms with Gasteiger partial charge in [-0.15, -0.1) is 0 Å². The predicted molar refractivity (Wildman–Crippen MR) is 69.0 cm³/mol. The first kappa shape index (κ1) is 12.3. The van der Waals surface area contributed by atoms with Crippen LogP contribution in [0, 0.1) is 11.2 Å². The van der Waals surface area contributed by atoms with Gasteiger partial charge in [-0.2, -0.15) is 0 Å². The molecular formula is C14H14BrFO2. The molecule has 18 heavy (non-hydrogen) atoms. The number of carbonyl (C=O) groups excluding carboxylic acids is 1. The van der Waals surface area contributed by atoms with E-state index in [2.05, 4.69) is 15.9 Å². The molecule has 1 N–H and O–H groups in total. The summed E-state index contributed by atoms with van der Waals surface area (Å²) in [5.41, 5.74) is 1.09. The fraction of sp³-hybridized carbons (Fsp3) is 0.500. The standard InChI is InChI=1S/C14H14BrFO2/c15-11-6-10-8(5-12(11)16)7-14(13(10)18)3-1-9(17)2-4-14/h5-6,9,17H,1-4,7H2. The normalized spacial score (nSPS) is 30.8. The van der Waals surface area contributed by atoms with Crippen molar-refractivity contribution in [1.29, 1.82) is 0 Å². The second-order valence-electron chi connectivity index (χ2n) is 5.44. The van der Waals surface area contributed by atoms with Crippen LogP contribution in [-0.2, 0) is 6.42 Å². The average Bonchev–Trinajstić information content (AvgIpc) is 2.59. The van der Waals surface area contributed by atoms with E-state index < -0.39 is 0 Å². The van der Waals surface area contributed by atoms with E-state index in [9.17, 15) is 14.3 Å². The zero-order valence-corrected chi connectivity index (χ0v) is 11.5. The van der Waals surface area contributed by atoms with Crippen molar-refractivity contribution in [2.75, 3.05) is 0 Å². The van der Waals surface area contributed by atoms with Crippen molar-refractivity contribution in [2.24, 2.45) is 5.41 Å². The molecule has 0 atom stereocenters. The van der Waals surface area contributed by atoms with Gasteiger partial charge >= 0.3 is 0 Å². The van der Waals surface area contributed by atoms with Crippen molar-refractivity contribution < 1.29 is 14.3 Å². The Morgan fingerprint density at radius 3 is 2.67 bits per heavy atom. The summed E-state index contributed by atoms with van der Waals surface area (Å²) in [6, 6.07) is 3.07. The van der Waals surface area contributed by atoms with E-state index in [0.29, 0.717) is 42.1 Å². The highest BCUT2D eigenvalue weighted by Gasteiger charge is 2.47. The SMILES string of the molecule is O=C1c2cc(Br)c(F)cc2CC12CCC(O)CC2. The number of carbonyl (C=O) groups is 1. The highest BCUT2D eigenvalue weighted by atomic mass is 79.9. The first-order valence-electron chi connectivity index (χ1n) is 6.23.